The summed E-state index contributed by atoms with van der Waals surface area (Å²) in [6, 6.07) is 5.33. The topological polar surface area (TPSA) is 137 Å². The lowest BCUT2D eigenvalue weighted by Gasteiger charge is -2.41. The van der Waals surface area contributed by atoms with Crippen molar-refractivity contribution in [3.63, 3.8) is 0 Å². The second-order valence-electron chi connectivity index (χ2n) is 7.14. The first kappa shape index (κ1) is 23.1. The number of halogens is 3. The highest BCUT2D eigenvalue weighted by molar-refractivity contribution is 7.99. The number of aliphatic hydroxyl groups excluding tert-OH is 3. The third-order valence-corrected chi connectivity index (χ3v) is 6.18. The summed E-state index contributed by atoms with van der Waals surface area (Å²) < 4.78 is 47.2. The summed E-state index contributed by atoms with van der Waals surface area (Å²) >= 11 is 1.05. The van der Waals surface area contributed by atoms with Gasteiger partial charge in [-0.2, -0.15) is 5.26 Å². The van der Waals surface area contributed by atoms with Crippen LogP contribution < -0.4 is 0 Å². The molecule has 13 heteroatoms. The molecule has 9 nitrogen and oxygen atoms in total. The van der Waals surface area contributed by atoms with E-state index in [2.05, 4.69) is 15.3 Å². The minimum Gasteiger partial charge on any atom is -0.394 e. The number of nitrogens with zero attached hydrogens (tertiary/aromatic N) is 5. The number of aliphatic hydroxyl groups is 3. The molecule has 5 atom stereocenters. The quantitative estimate of drug-likeness (QED) is 0.464. The molecule has 1 saturated heterocycles. The summed E-state index contributed by atoms with van der Waals surface area (Å²) in [5.74, 6) is -4.43. The van der Waals surface area contributed by atoms with E-state index in [4.69, 9.17) is 10.00 Å². The van der Waals surface area contributed by atoms with Crippen molar-refractivity contribution >= 4 is 11.8 Å². The Morgan fingerprint density at radius 1 is 1.15 bits per heavy atom. The van der Waals surface area contributed by atoms with E-state index < -0.39 is 53.8 Å². The summed E-state index contributed by atoms with van der Waals surface area (Å²) in [6.07, 6.45) is -1.21. The van der Waals surface area contributed by atoms with Crippen LogP contribution in [0.2, 0.25) is 0 Å². The van der Waals surface area contributed by atoms with Gasteiger partial charge in [0.1, 0.15) is 47.2 Å². The molecule has 0 radical (unpaired) electrons. The fourth-order valence-electron chi connectivity index (χ4n) is 3.39. The number of benzene rings is 1. The van der Waals surface area contributed by atoms with Crippen molar-refractivity contribution in [2.75, 3.05) is 6.61 Å². The summed E-state index contributed by atoms with van der Waals surface area (Å²) in [5, 5.41) is 47.7. The minimum atomic E-state index is -1.62. The third kappa shape index (κ3) is 4.56. The summed E-state index contributed by atoms with van der Waals surface area (Å²) in [4.78, 5) is 4.50. The standard InChI is InChI=1S/C20H16F3N5O4S/c21-12-3-9(4-13(22)16(12)23)14-7-28(27-26-14)17-18(30)15(8-29)32-20(19(17)31)33-11-2-1-10(5-24)25-6-11/h1-4,6-7,15,17-20,29-31H,8H2/t15?,17-,18-,19?,20+/m0/s1. The van der Waals surface area contributed by atoms with Gasteiger partial charge in [0.05, 0.1) is 12.8 Å². The van der Waals surface area contributed by atoms with E-state index in [0.29, 0.717) is 4.90 Å². The van der Waals surface area contributed by atoms with Crippen LogP contribution in [0.3, 0.4) is 0 Å². The van der Waals surface area contributed by atoms with Gasteiger partial charge in [0.15, 0.2) is 17.5 Å². The third-order valence-electron chi connectivity index (χ3n) is 5.05. The molecule has 0 amide bonds. The van der Waals surface area contributed by atoms with Crippen LogP contribution in [0.4, 0.5) is 13.2 Å². The Bertz CT molecular complexity index is 1170. The highest BCUT2D eigenvalue weighted by Gasteiger charge is 2.46. The molecule has 3 N–H and O–H groups in total. The molecule has 1 fully saturated rings. The molecule has 0 bridgehead atoms. The summed E-state index contributed by atoms with van der Waals surface area (Å²) in [7, 11) is 0. The Kier molecular flexibility index (Phi) is 6.63. The monoisotopic (exact) mass is 479 g/mol. The molecule has 33 heavy (non-hydrogen) atoms. The highest BCUT2D eigenvalue weighted by atomic mass is 32.2. The fraction of sp³-hybridized carbons (Fsp3) is 0.300. The Morgan fingerprint density at radius 2 is 1.88 bits per heavy atom. The molecule has 1 aromatic carbocycles. The number of rotatable bonds is 5. The van der Waals surface area contributed by atoms with E-state index in [1.807, 2.05) is 6.07 Å². The van der Waals surface area contributed by atoms with Crippen LogP contribution in [-0.2, 0) is 4.74 Å². The van der Waals surface area contributed by atoms with Gasteiger partial charge in [0.25, 0.3) is 0 Å². The average molecular weight is 479 g/mol. The lowest BCUT2D eigenvalue weighted by Crippen LogP contribution is -2.55. The van der Waals surface area contributed by atoms with Crippen LogP contribution in [0, 0.1) is 28.8 Å². The second-order valence-corrected chi connectivity index (χ2v) is 8.32. The largest absolute Gasteiger partial charge is 0.394 e. The van der Waals surface area contributed by atoms with Gasteiger partial charge in [-0.05, 0) is 24.3 Å². The number of hydrogen-bond donors (Lipinski definition) is 3. The summed E-state index contributed by atoms with van der Waals surface area (Å²) in [6.45, 7) is -0.566. The van der Waals surface area contributed by atoms with Crippen molar-refractivity contribution in [3.05, 3.63) is 59.8 Å². The lowest BCUT2D eigenvalue weighted by atomic mass is 9.97. The zero-order valence-corrected chi connectivity index (χ0v) is 17.4. The molecule has 3 aromatic rings. The van der Waals surface area contributed by atoms with Crippen LogP contribution >= 0.6 is 11.8 Å². The fourth-order valence-corrected chi connectivity index (χ4v) is 4.41. The zero-order chi connectivity index (χ0) is 23.7. The number of hydrogen-bond acceptors (Lipinski definition) is 9. The van der Waals surface area contributed by atoms with E-state index >= 15 is 0 Å². The Labute approximate surface area is 189 Å². The molecule has 2 unspecified atom stereocenters. The summed E-state index contributed by atoms with van der Waals surface area (Å²) in [5.41, 5.74) is -0.893. The first-order valence-electron chi connectivity index (χ1n) is 9.54. The van der Waals surface area contributed by atoms with Gasteiger partial charge in [-0.25, -0.2) is 22.8 Å². The molecule has 2 aromatic heterocycles. The molecule has 3 heterocycles. The van der Waals surface area contributed by atoms with E-state index in [9.17, 15) is 28.5 Å². The minimum absolute atomic E-state index is 0.0280. The molecular formula is C20H16F3N5O4S. The van der Waals surface area contributed by atoms with Gasteiger partial charge < -0.3 is 20.1 Å². The molecule has 0 aliphatic carbocycles. The van der Waals surface area contributed by atoms with Crippen LogP contribution in [-0.4, -0.2) is 65.7 Å². The van der Waals surface area contributed by atoms with Gasteiger partial charge in [-0.1, -0.05) is 17.0 Å². The van der Waals surface area contributed by atoms with Crippen LogP contribution in [0.25, 0.3) is 11.3 Å². The number of ether oxygens (including phenoxy) is 1. The normalized spacial score (nSPS) is 25.1. The van der Waals surface area contributed by atoms with E-state index in [1.54, 1.807) is 6.07 Å². The SMILES string of the molecule is N#Cc1ccc(S[C@H]2OC(CO)[C@H](O)[C@H](n3cc(-c4cc(F)c(F)c(F)c4)nn3)C2O)cn1. The Hall–Kier alpha value is -3.02. The molecule has 0 saturated carbocycles. The predicted molar refractivity (Wildman–Crippen MR) is 107 cm³/mol. The first-order chi connectivity index (χ1) is 15.8. The molecular weight excluding hydrogens is 463 g/mol. The Balaban J connectivity index is 1.62. The zero-order valence-electron chi connectivity index (χ0n) is 16.6. The van der Waals surface area contributed by atoms with Crippen molar-refractivity contribution in [2.24, 2.45) is 0 Å². The first-order valence-corrected chi connectivity index (χ1v) is 10.4. The van der Waals surface area contributed by atoms with Gasteiger partial charge in [-0.3, -0.25) is 0 Å². The van der Waals surface area contributed by atoms with Gasteiger partial charge in [0, 0.05) is 16.7 Å². The van der Waals surface area contributed by atoms with Gasteiger partial charge in [-0.15, -0.1) is 5.10 Å². The van der Waals surface area contributed by atoms with Crippen LogP contribution in [0.5, 0.6) is 0 Å². The van der Waals surface area contributed by atoms with E-state index in [-0.39, 0.29) is 17.0 Å². The van der Waals surface area contributed by atoms with Gasteiger partial charge in [0.2, 0.25) is 0 Å². The molecule has 4 rings (SSSR count). The maximum absolute atomic E-state index is 13.6. The number of nitriles is 1. The van der Waals surface area contributed by atoms with Crippen molar-refractivity contribution in [1.82, 2.24) is 20.0 Å². The maximum atomic E-state index is 13.6. The van der Waals surface area contributed by atoms with Gasteiger partial charge >= 0.3 is 0 Å². The molecule has 172 valence electrons. The lowest BCUT2D eigenvalue weighted by molar-refractivity contribution is -0.178. The van der Waals surface area contributed by atoms with Crippen LogP contribution in [0.15, 0.2) is 41.6 Å². The number of aromatic nitrogens is 4. The van der Waals surface area contributed by atoms with Crippen molar-refractivity contribution in [2.45, 2.75) is 34.7 Å². The van der Waals surface area contributed by atoms with Crippen LogP contribution in [0.1, 0.15) is 11.7 Å². The predicted octanol–water partition coefficient (Wildman–Crippen LogP) is 1.40. The van der Waals surface area contributed by atoms with Crippen molar-refractivity contribution in [3.8, 4) is 17.3 Å². The average Bonchev–Trinajstić information content (AvgIpc) is 3.29. The number of thioether (sulfide) groups is 1. The highest BCUT2D eigenvalue weighted by Crippen LogP contribution is 2.38. The van der Waals surface area contributed by atoms with Crippen molar-refractivity contribution in [1.29, 1.82) is 5.26 Å². The number of pyridine rings is 1. The van der Waals surface area contributed by atoms with E-state index in [1.165, 1.54) is 18.5 Å². The molecule has 1 aliphatic rings. The van der Waals surface area contributed by atoms with E-state index in [0.717, 1.165) is 28.6 Å². The van der Waals surface area contributed by atoms with Crippen molar-refractivity contribution < 1.29 is 33.2 Å². The Morgan fingerprint density at radius 3 is 2.48 bits per heavy atom. The maximum Gasteiger partial charge on any atom is 0.194 e. The second kappa shape index (κ2) is 9.46. The smallest absolute Gasteiger partial charge is 0.194 e. The molecule has 0 spiro atoms. The molecule has 1 aliphatic heterocycles.